The third-order valence-corrected chi connectivity index (χ3v) is 5.72. The average Bonchev–Trinajstić information content (AvgIpc) is 3.53. The number of aliphatic hydroxyl groups is 1. The summed E-state index contributed by atoms with van der Waals surface area (Å²) in [5, 5.41) is 26.9. The average molecular weight is 403 g/mol. The molecule has 9 heteroatoms. The summed E-state index contributed by atoms with van der Waals surface area (Å²) in [6.45, 7) is 0.607. The topological polar surface area (TPSA) is 116 Å². The number of ether oxygens (including phenoxy) is 1. The molecule has 2 unspecified atom stereocenters. The molecule has 1 aliphatic heterocycles. The fraction of sp³-hybridized carbons (Fsp3) is 0.450. The molecule has 8 nitrogen and oxygen atoms in total. The van der Waals surface area contributed by atoms with Crippen molar-refractivity contribution < 1.29 is 24.1 Å². The van der Waals surface area contributed by atoms with Crippen LogP contribution >= 0.6 is 0 Å². The number of methoxy groups -OCH3 is 1. The first-order valence-electron chi connectivity index (χ1n) is 9.49. The molecule has 0 spiro atoms. The summed E-state index contributed by atoms with van der Waals surface area (Å²) in [5.41, 5.74) is -0.613. The van der Waals surface area contributed by atoms with E-state index in [9.17, 15) is 19.8 Å². The summed E-state index contributed by atoms with van der Waals surface area (Å²) in [4.78, 5) is 26.0. The maximum Gasteiger partial charge on any atom is 0.341 e. The van der Waals surface area contributed by atoms with E-state index in [-0.39, 0.29) is 29.4 Å². The van der Waals surface area contributed by atoms with Gasteiger partial charge in [-0.1, -0.05) is 0 Å². The molecule has 154 valence electrons. The Bertz CT molecular complexity index is 1060. The molecule has 1 aromatic carbocycles. The van der Waals surface area contributed by atoms with Crippen LogP contribution in [0.1, 0.15) is 35.7 Å². The molecule has 1 aromatic heterocycles. The molecule has 4 rings (SSSR count). The second-order valence-electron chi connectivity index (χ2n) is 7.58. The van der Waals surface area contributed by atoms with Crippen LogP contribution in [0, 0.1) is 17.1 Å². The van der Waals surface area contributed by atoms with E-state index in [1.165, 1.54) is 13.3 Å². The zero-order valence-corrected chi connectivity index (χ0v) is 15.9. The molecule has 29 heavy (non-hydrogen) atoms. The van der Waals surface area contributed by atoms with Crippen LogP contribution in [0.15, 0.2) is 17.1 Å². The highest BCUT2D eigenvalue weighted by molar-refractivity contribution is 5.97. The van der Waals surface area contributed by atoms with Crippen LogP contribution in [-0.2, 0) is 0 Å². The largest absolute Gasteiger partial charge is 0.492 e. The first-order valence-corrected chi connectivity index (χ1v) is 9.49. The molecule has 1 saturated carbocycles. The molecule has 0 bridgehead atoms. The van der Waals surface area contributed by atoms with Crippen molar-refractivity contribution in [3.8, 4) is 5.75 Å². The molecular formula is C20H22FN3O5. The number of nitrogens with zero attached hydrogens (tertiary/aromatic N) is 2. The third-order valence-electron chi connectivity index (χ3n) is 5.72. The minimum atomic E-state index is -1.35. The Balaban J connectivity index is 1.98. The second-order valence-corrected chi connectivity index (χ2v) is 7.58. The first kappa shape index (κ1) is 19.4. The number of aliphatic hydroxyl groups excluding tert-OH is 1. The van der Waals surface area contributed by atoms with Gasteiger partial charge in [0.1, 0.15) is 11.3 Å². The predicted molar refractivity (Wildman–Crippen MR) is 105 cm³/mol. The normalized spacial score (nSPS) is 22.0. The number of anilines is 1. The maximum atomic E-state index is 15.2. The van der Waals surface area contributed by atoms with E-state index in [4.69, 9.17) is 10.1 Å². The lowest BCUT2D eigenvalue weighted by Gasteiger charge is -2.36. The summed E-state index contributed by atoms with van der Waals surface area (Å²) in [5.74, 6) is -2.32. The van der Waals surface area contributed by atoms with Crippen molar-refractivity contribution in [3.05, 3.63) is 33.9 Å². The predicted octanol–water partition coefficient (Wildman–Crippen LogP) is 2.02. The van der Waals surface area contributed by atoms with Crippen LogP contribution in [0.3, 0.4) is 0 Å². The molecule has 2 fully saturated rings. The fourth-order valence-corrected chi connectivity index (χ4v) is 4.06. The molecule has 2 heterocycles. The zero-order chi connectivity index (χ0) is 20.9. The highest BCUT2D eigenvalue weighted by atomic mass is 19.1. The summed E-state index contributed by atoms with van der Waals surface area (Å²) >= 11 is 0. The standard InChI is InChI=1S/C20H22FN3O5/c1-29-19-16-12(18(26)13(20(27)28)9-24(16)11-2-3-11)6-14(21)17(19)23-5-4-15(25)10(7-22)8-23/h6-7,9-11,15,22,25H,2-5,8H2,1H3,(H,27,28). The molecule has 1 aliphatic carbocycles. The van der Waals surface area contributed by atoms with Crippen molar-refractivity contribution in [3.63, 3.8) is 0 Å². The first-order chi connectivity index (χ1) is 13.9. The number of hydrogen-bond acceptors (Lipinski definition) is 6. The quantitative estimate of drug-likeness (QED) is 0.658. The van der Waals surface area contributed by atoms with Gasteiger partial charge in [-0.2, -0.15) is 0 Å². The second kappa shape index (κ2) is 7.14. The van der Waals surface area contributed by atoms with Gasteiger partial charge in [0.15, 0.2) is 11.6 Å². The SMILES string of the molecule is COc1c(N2CCC(O)C(C=N)C2)c(F)cc2c(=O)c(C(=O)O)cn(C3CC3)c12. The summed E-state index contributed by atoms with van der Waals surface area (Å²) in [6, 6.07) is 1.10. The van der Waals surface area contributed by atoms with Crippen molar-refractivity contribution in [2.45, 2.75) is 31.4 Å². The van der Waals surface area contributed by atoms with Gasteiger partial charge in [-0.3, -0.25) is 4.79 Å². The Morgan fingerprint density at radius 2 is 2.10 bits per heavy atom. The lowest BCUT2D eigenvalue weighted by molar-refractivity contribution is 0.0694. The molecule has 0 radical (unpaired) electrons. The monoisotopic (exact) mass is 403 g/mol. The summed E-state index contributed by atoms with van der Waals surface area (Å²) in [6.07, 6.45) is 3.84. The van der Waals surface area contributed by atoms with Gasteiger partial charge in [0.05, 0.1) is 24.1 Å². The van der Waals surface area contributed by atoms with Gasteiger partial charge in [-0.25, -0.2) is 9.18 Å². The lowest BCUT2D eigenvalue weighted by atomic mass is 9.95. The van der Waals surface area contributed by atoms with Gasteiger partial charge in [0, 0.05) is 37.5 Å². The third kappa shape index (κ3) is 3.15. The molecule has 2 aliphatic rings. The van der Waals surface area contributed by atoms with Crippen molar-refractivity contribution >= 4 is 28.8 Å². The molecule has 2 aromatic rings. The number of halogens is 1. The number of hydrogen-bond donors (Lipinski definition) is 3. The van der Waals surface area contributed by atoms with E-state index in [2.05, 4.69) is 0 Å². The Kier molecular flexibility index (Phi) is 4.77. The van der Waals surface area contributed by atoms with Crippen molar-refractivity contribution in [2.75, 3.05) is 25.1 Å². The highest BCUT2D eigenvalue weighted by Gasteiger charge is 2.33. The van der Waals surface area contributed by atoms with Crippen LogP contribution in [-0.4, -0.2) is 53.3 Å². The minimum Gasteiger partial charge on any atom is -0.492 e. The number of carbonyl (C=O) groups is 1. The number of piperidine rings is 1. The molecule has 3 N–H and O–H groups in total. The number of carboxylic acids is 1. The van der Waals surface area contributed by atoms with E-state index in [1.54, 1.807) is 9.47 Å². The van der Waals surface area contributed by atoms with Gasteiger partial charge in [-0.15, -0.1) is 0 Å². The van der Waals surface area contributed by atoms with Crippen LogP contribution in [0.2, 0.25) is 0 Å². The van der Waals surface area contributed by atoms with E-state index in [0.29, 0.717) is 18.5 Å². The van der Waals surface area contributed by atoms with Crippen molar-refractivity contribution in [1.82, 2.24) is 4.57 Å². The van der Waals surface area contributed by atoms with Crippen LogP contribution < -0.4 is 15.1 Å². The molecule has 2 atom stereocenters. The Morgan fingerprint density at radius 3 is 2.69 bits per heavy atom. The number of carboxylic acid groups (broad SMARTS) is 1. The molecular weight excluding hydrogens is 381 g/mol. The van der Waals surface area contributed by atoms with E-state index in [0.717, 1.165) is 25.1 Å². The number of aromatic carboxylic acids is 1. The van der Waals surface area contributed by atoms with Crippen molar-refractivity contribution in [2.24, 2.45) is 5.92 Å². The smallest absolute Gasteiger partial charge is 0.341 e. The van der Waals surface area contributed by atoms with Crippen LogP contribution in [0.5, 0.6) is 5.75 Å². The van der Waals surface area contributed by atoms with Gasteiger partial charge in [0.25, 0.3) is 0 Å². The van der Waals surface area contributed by atoms with E-state index >= 15 is 4.39 Å². The van der Waals surface area contributed by atoms with Gasteiger partial charge in [-0.05, 0) is 25.3 Å². The Morgan fingerprint density at radius 1 is 1.38 bits per heavy atom. The minimum absolute atomic E-state index is 0.0286. The van der Waals surface area contributed by atoms with Crippen LogP contribution in [0.25, 0.3) is 10.9 Å². The number of rotatable bonds is 5. The highest BCUT2D eigenvalue weighted by Crippen LogP contribution is 2.44. The zero-order valence-electron chi connectivity index (χ0n) is 15.9. The van der Waals surface area contributed by atoms with Gasteiger partial charge >= 0.3 is 5.97 Å². The van der Waals surface area contributed by atoms with E-state index < -0.39 is 34.8 Å². The molecule has 1 saturated heterocycles. The number of benzene rings is 1. The summed E-state index contributed by atoms with van der Waals surface area (Å²) in [7, 11) is 1.39. The number of fused-ring (bicyclic) bond motifs is 1. The Hall–Kier alpha value is -2.94. The molecule has 0 amide bonds. The Labute approximate surface area is 165 Å². The number of nitrogens with one attached hydrogen (secondary N) is 1. The fourth-order valence-electron chi connectivity index (χ4n) is 4.06. The van der Waals surface area contributed by atoms with Crippen molar-refractivity contribution in [1.29, 1.82) is 5.41 Å². The lowest BCUT2D eigenvalue weighted by Crippen LogP contribution is -2.44. The summed E-state index contributed by atoms with van der Waals surface area (Å²) < 4.78 is 22.5. The van der Waals surface area contributed by atoms with Gasteiger partial charge < -0.3 is 29.8 Å². The number of pyridine rings is 1. The maximum absolute atomic E-state index is 15.2. The van der Waals surface area contributed by atoms with Gasteiger partial charge in [0.2, 0.25) is 5.43 Å². The number of aromatic nitrogens is 1. The van der Waals surface area contributed by atoms with E-state index in [1.807, 2.05) is 0 Å². The van der Waals surface area contributed by atoms with Crippen LogP contribution in [0.4, 0.5) is 10.1 Å².